The minimum absolute atomic E-state index is 0.0345. The van der Waals surface area contributed by atoms with Crippen LogP contribution in [0.1, 0.15) is 4.88 Å². The second-order valence-electron chi connectivity index (χ2n) is 5.52. The van der Waals surface area contributed by atoms with Gasteiger partial charge in [0.25, 0.3) is 0 Å². The van der Waals surface area contributed by atoms with E-state index in [9.17, 15) is 4.79 Å². The van der Waals surface area contributed by atoms with Crippen molar-refractivity contribution in [2.75, 3.05) is 37.6 Å². The Morgan fingerprint density at radius 2 is 2.00 bits per heavy atom. The van der Waals surface area contributed by atoms with Gasteiger partial charge in [-0.05, 0) is 36.1 Å². The second kappa shape index (κ2) is 7.70. The summed E-state index contributed by atoms with van der Waals surface area (Å²) in [5.41, 5.74) is 1.12. The van der Waals surface area contributed by atoms with Crippen molar-refractivity contribution in [1.29, 1.82) is 0 Å². The van der Waals surface area contributed by atoms with Gasteiger partial charge in [-0.1, -0.05) is 23.7 Å². The average Bonchev–Trinajstić information content (AvgIpc) is 3.08. The van der Waals surface area contributed by atoms with Crippen LogP contribution >= 0.6 is 22.9 Å². The minimum atomic E-state index is 0.0345. The van der Waals surface area contributed by atoms with Crippen molar-refractivity contribution in [1.82, 2.24) is 10.2 Å². The zero-order valence-electron chi connectivity index (χ0n) is 12.9. The number of piperazine rings is 1. The van der Waals surface area contributed by atoms with Crippen LogP contribution in [-0.4, -0.2) is 43.7 Å². The Morgan fingerprint density at radius 1 is 1.17 bits per heavy atom. The molecule has 2 amide bonds. The predicted molar refractivity (Wildman–Crippen MR) is 96.7 cm³/mol. The van der Waals surface area contributed by atoms with E-state index in [0.29, 0.717) is 6.54 Å². The first-order valence-corrected chi connectivity index (χ1v) is 9.04. The first-order valence-electron chi connectivity index (χ1n) is 7.78. The molecule has 2 heterocycles. The van der Waals surface area contributed by atoms with Crippen molar-refractivity contribution in [3.05, 3.63) is 51.7 Å². The van der Waals surface area contributed by atoms with Crippen molar-refractivity contribution >= 4 is 34.7 Å². The maximum atomic E-state index is 12.2. The van der Waals surface area contributed by atoms with Crippen molar-refractivity contribution in [2.45, 2.75) is 6.42 Å². The van der Waals surface area contributed by atoms with Gasteiger partial charge >= 0.3 is 6.03 Å². The van der Waals surface area contributed by atoms with Crippen molar-refractivity contribution in [3.8, 4) is 0 Å². The number of carbonyl (C=O) groups excluding carboxylic acids is 1. The molecule has 1 N–H and O–H groups in total. The molecule has 1 aliphatic heterocycles. The number of thiophene rings is 1. The van der Waals surface area contributed by atoms with E-state index in [4.69, 9.17) is 11.6 Å². The summed E-state index contributed by atoms with van der Waals surface area (Å²) >= 11 is 7.77. The van der Waals surface area contributed by atoms with E-state index in [0.717, 1.165) is 43.3 Å². The van der Waals surface area contributed by atoms with Crippen LogP contribution in [0, 0.1) is 0 Å². The Balaban J connectivity index is 1.44. The molecule has 1 fully saturated rings. The van der Waals surface area contributed by atoms with Gasteiger partial charge in [-0.2, -0.15) is 0 Å². The molecular weight excluding hydrogens is 330 g/mol. The zero-order valence-corrected chi connectivity index (χ0v) is 14.4. The fourth-order valence-corrected chi connectivity index (χ4v) is 3.59. The van der Waals surface area contributed by atoms with E-state index >= 15 is 0 Å². The molecule has 0 saturated carbocycles. The number of anilines is 1. The summed E-state index contributed by atoms with van der Waals surface area (Å²) in [5, 5.41) is 5.82. The Kier molecular flexibility index (Phi) is 5.41. The number of carbonyl (C=O) groups is 1. The zero-order chi connectivity index (χ0) is 16.1. The maximum absolute atomic E-state index is 12.2. The van der Waals surface area contributed by atoms with E-state index in [-0.39, 0.29) is 6.03 Å². The first kappa shape index (κ1) is 16.1. The normalized spacial score (nSPS) is 14.8. The number of hydrogen-bond donors (Lipinski definition) is 1. The highest BCUT2D eigenvalue weighted by Gasteiger charge is 2.21. The predicted octanol–water partition coefficient (Wildman–Crippen LogP) is 3.48. The molecule has 0 aliphatic carbocycles. The van der Waals surface area contributed by atoms with Gasteiger partial charge in [0.05, 0.1) is 0 Å². The minimum Gasteiger partial charge on any atom is -0.368 e. The number of rotatable bonds is 4. The number of nitrogens with zero attached hydrogens (tertiary/aromatic N) is 2. The molecule has 1 aromatic carbocycles. The van der Waals surface area contributed by atoms with Crippen molar-refractivity contribution < 1.29 is 4.79 Å². The van der Waals surface area contributed by atoms with Crippen LogP contribution < -0.4 is 10.2 Å². The molecule has 2 aromatic rings. The summed E-state index contributed by atoms with van der Waals surface area (Å²) < 4.78 is 0. The molecule has 4 nitrogen and oxygen atoms in total. The number of urea groups is 1. The summed E-state index contributed by atoms with van der Waals surface area (Å²) in [7, 11) is 0. The van der Waals surface area contributed by atoms with Crippen LogP contribution in [0.25, 0.3) is 0 Å². The lowest BCUT2D eigenvalue weighted by Crippen LogP contribution is -2.52. The van der Waals surface area contributed by atoms with E-state index in [1.165, 1.54) is 4.88 Å². The van der Waals surface area contributed by atoms with Crippen molar-refractivity contribution in [3.63, 3.8) is 0 Å². The smallest absolute Gasteiger partial charge is 0.317 e. The van der Waals surface area contributed by atoms with Crippen molar-refractivity contribution in [2.24, 2.45) is 0 Å². The average molecular weight is 350 g/mol. The molecule has 0 unspecified atom stereocenters. The highest BCUT2D eigenvalue weighted by atomic mass is 35.5. The van der Waals surface area contributed by atoms with E-state index < -0.39 is 0 Å². The lowest BCUT2D eigenvalue weighted by Gasteiger charge is -2.36. The molecule has 3 rings (SSSR count). The van der Waals surface area contributed by atoms with Gasteiger partial charge in [0.15, 0.2) is 0 Å². The van der Waals surface area contributed by atoms with Crippen LogP contribution in [0.4, 0.5) is 10.5 Å². The SMILES string of the molecule is O=C(NCCc1cccs1)N1CCN(c2cccc(Cl)c2)CC1. The molecule has 0 atom stereocenters. The quantitative estimate of drug-likeness (QED) is 0.917. The fourth-order valence-electron chi connectivity index (χ4n) is 2.70. The highest BCUT2D eigenvalue weighted by molar-refractivity contribution is 7.09. The van der Waals surface area contributed by atoms with E-state index in [1.54, 1.807) is 11.3 Å². The largest absolute Gasteiger partial charge is 0.368 e. The lowest BCUT2D eigenvalue weighted by molar-refractivity contribution is 0.194. The third-order valence-corrected chi connectivity index (χ3v) is 5.14. The molecule has 1 aliphatic rings. The summed E-state index contributed by atoms with van der Waals surface area (Å²) in [6, 6.07) is 12.0. The lowest BCUT2D eigenvalue weighted by atomic mass is 10.2. The summed E-state index contributed by atoms with van der Waals surface area (Å²) in [6.45, 7) is 3.82. The standard InChI is InChI=1S/C17H20ClN3OS/c18-14-3-1-4-15(13-14)20-8-10-21(11-9-20)17(22)19-7-6-16-5-2-12-23-16/h1-5,12-13H,6-11H2,(H,19,22). The number of amides is 2. The molecule has 0 radical (unpaired) electrons. The Labute approximate surface area is 145 Å². The molecule has 6 heteroatoms. The Bertz CT molecular complexity index is 639. The van der Waals surface area contributed by atoms with Gasteiger partial charge in [-0.25, -0.2) is 4.79 Å². The molecule has 1 saturated heterocycles. The number of nitrogens with one attached hydrogen (secondary N) is 1. The summed E-state index contributed by atoms with van der Waals surface area (Å²) in [5.74, 6) is 0. The number of benzene rings is 1. The third kappa shape index (κ3) is 4.39. The van der Waals surface area contributed by atoms with E-state index in [1.807, 2.05) is 29.2 Å². The Morgan fingerprint density at radius 3 is 2.70 bits per heavy atom. The van der Waals surface area contributed by atoms with Gasteiger partial charge < -0.3 is 15.1 Å². The van der Waals surface area contributed by atoms with Gasteiger partial charge in [0.2, 0.25) is 0 Å². The van der Waals surface area contributed by atoms with Crippen LogP contribution in [-0.2, 0) is 6.42 Å². The monoisotopic (exact) mass is 349 g/mol. The first-order chi connectivity index (χ1) is 11.2. The Hall–Kier alpha value is -1.72. The number of halogens is 1. The van der Waals surface area contributed by atoms with Crippen LogP contribution in [0.15, 0.2) is 41.8 Å². The molecule has 23 heavy (non-hydrogen) atoms. The maximum Gasteiger partial charge on any atom is 0.317 e. The van der Waals surface area contributed by atoms with Crippen LogP contribution in [0.3, 0.4) is 0 Å². The summed E-state index contributed by atoms with van der Waals surface area (Å²) in [6.07, 6.45) is 0.895. The molecule has 0 spiro atoms. The fraction of sp³-hybridized carbons (Fsp3) is 0.353. The highest BCUT2D eigenvalue weighted by Crippen LogP contribution is 2.20. The van der Waals surface area contributed by atoms with Crippen LogP contribution in [0.5, 0.6) is 0 Å². The number of hydrogen-bond acceptors (Lipinski definition) is 3. The van der Waals surface area contributed by atoms with Gasteiger partial charge in [-0.3, -0.25) is 0 Å². The molecule has 0 bridgehead atoms. The summed E-state index contributed by atoms with van der Waals surface area (Å²) in [4.78, 5) is 17.7. The molecular formula is C17H20ClN3OS. The van der Waals surface area contributed by atoms with E-state index in [2.05, 4.69) is 27.7 Å². The molecule has 122 valence electrons. The van der Waals surface area contributed by atoms with Crippen LogP contribution in [0.2, 0.25) is 5.02 Å². The van der Waals surface area contributed by atoms with Gasteiger partial charge in [0.1, 0.15) is 0 Å². The second-order valence-corrected chi connectivity index (χ2v) is 6.98. The topological polar surface area (TPSA) is 35.6 Å². The van der Waals surface area contributed by atoms with Gasteiger partial charge in [0, 0.05) is 48.3 Å². The van der Waals surface area contributed by atoms with Gasteiger partial charge in [-0.15, -0.1) is 11.3 Å². The molecule has 1 aromatic heterocycles. The third-order valence-electron chi connectivity index (χ3n) is 3.97.